The Balaban J connectivity index is 1.81. The fourth-order valence-electron chi connectivity index (χ4n) is 4.09. The molecule has 29 heavy (non-hydrogen) atoms. The van der Waals surface area contributed by atoms with Crippen LogP contribution < -0.4 is 5.46 Å². The van der Waals surface area contributed by atoms with Crippen molar-refractivity contribution in [2.24, 2.45) is 0 Å². The molecule has 0 spiro atoms. The SMILES string of the molecule is CC1(C)OB(c2cccc(Cl)c2-n2c3ccccc3c3ccccc32)OC1(C)C. The monoisotopic (exact) mass is 403 g/mol. The van der Waals surface area contributed by atoms with Crippen molar-refractivity contribution in [2.45, 2.75) is 38.9 Å². The van der Waals surface area contributed by atoms with E-state index in [1.807, 2.05) is 18.2 Å². The summed E-state index contributed by atoms with van der Waals surface area (Å²) < 4.78 is 15.0. The van der Waals surface area contributed by atoms with E-state index < -0.39 is 18.3 Å². The Bertz CT molecular complexity index is 1180. The molecule has 0 atom stereocenters. The maximum absolute atomic E-state index is 6.81. The third kappa shape index (κ3) is 2.74. The minimum atomic E-state index is -0.492. The fraction of sp³-hybridized carbons (Fsp3) is 0.250. The molecule has 1 aliphatic rings. The second-order valence-corrected chi connectivity index (χ2v) is 9.04. The first-order valence-electron chi connectivity index (χ1n) is 9.93. The van der Waals surface area contributed by atoms with Crippen LogP contribution >= 0.6 is 11.6 Å². The summed E-state index contributed by atoms with van der Waals surface area (Å²) in [6.07, 6.45) is 0. The lowest BCUT2D eigenvalue weighted by Crippen LogP contribution is -2.41. The van der Waals surface area contributed by atoms with Gasteiger partial charge in [-0.3, -0.25) is 0 Å². The first-order valence-corrected chi connectivity index (χ1v) is 10.3. The van der Waals surface area contributed by atoms with Crippen LogP contribution in [0.4, 0.5) is 0 Å². The fourth-order valence-corrected chi connectivity index (χ4v) is 4.36. The van der Waals surface area contributed by atoms with Crippen LogP contribution in [0.1, 0.15) is 27.7 Å². The number of fused-ring (bicyclic) bond motifs is 3. The molecular formula is C24H23BClNO2. The van der Waals surface area contributed by atoms with Crippen LogP contribution in [0.25, 0.3) is 27.5 Å². The summed E-state index contributed by atoms with van der Waals surface area (Å²) >= 11 is 6.81. The average Bonchev–Trinajstić information content (AvgIpc) is 3.12. The summed E-state index contributed by atoms with van der Waals surface area (Å²) in [5, 5.41) is 3.06. The lowest BCUT2D eigenvalue weighted by atomic mass is 9.77. The van der Waals surface area contributed by atoms with Crippen LogP contribution in [-0.4, -0.2) is 22.9 Å². The second-order valence-electron chi connectivity index (χ2n) is 8.64. The van der Waals surface area contributed by atoms with Gasteiger partial charge in [0.05, 0.1) is 32.9 Å². The van der Waals surface area contributed by atoms with Crippen molar-refractivity contribution in [3.63, 3.8) is 0 Å². The van der Waals surface area contributed by atoms with Crippen molar-refractivity contribution in [1.29, 1.82) is 0 Å². The first-order chi connectivity index (χ1) is 13.8. The molecule has 3 aromatic carbocycles. The van der Waals surface area contributed by atoms with Crippen LogP contribution in [0.2, 0.25) is 5.02 Å². The van der Waals surface area contributed by atoms with Gasteiger partial charge in [0.15, 0.2) is 0 Å². The van der Waals surface area contributed by atoms with Gasteiger partial charge >= 0.3 is 7.12 Å². The van der Waals surface area contributed by atoms with Gasteiger partial charge < -0.3 is 13.9 Å². The van der Waals surface area contributed by atoms with Crippen LogP contribution in [0.5, 0.6) is 0 Å². The Labute approximate surface area is 176 Å². The Hall–Kier alpha value is -2.27. The molecule has 0 radical (unpaired) electrons. The summed E-state index contributed by atoms with van der Waals surface area (Å²) in [4.78, 5) is 0. The quantitative estimate of drug-likeness (QED) is 0.399. The maximum Gasteiger partial charge on any atom is 0.497 e. The smallest absolute Gasteiger partial charge is 0.399 e. The van der Waals surface area contributed by atoms with E-state index in [0.717, 1.165) is 22.2 Å². The number of halogens is 1. The van der Waals surface area contributed by atoms with Gasteiger partial charge in [0, 0.05) is 16.2 Å². The summed E-state index contributed by atoms with van der Waals surface area (Å²) in [5.41, 5.74) is 3.22. The van der Waals surface area contributed by atoms with Gasteiger partial charge in [0.1, 0.15) is 0 Å². The number of rotatable bonds is 2. The molecule has 1 aromatic heterocycles. The summed E-state index contributed by atoms with van der Waals surface area (Å²) in [7, 11) is -0.492. The zero-order valence-corrected chi connectivity index (χ0v) is 17.8. The molecule has 0 amide bonds. The van der Waals surface area contributed by atoms with Gasteiger partial charge in [-0.15, -0.1) is 0 Å². The Morgan fingerprint density at radius 2 is 1.24 bits per heavy atom. The predicted octanol–water partition coefficient (Wildman–Crippen LogP) is 5.74. The molecule has 5 heteroatoms. The van der Waals surface area contributed by atoms with Crippen molar-refractivity contribution >= 4 is 46.0 Å². The second kappa shape index (κ2) is 6.37. The lowest BCUT2D eigenvalue weighted by molar-refractivity contribution is 0.00578. The van der Waals surface area contributed by atoms with E-state index in [4.69, 9.17) is 20.9 Å². The highest BCUT2D eigenvalue weighted by Gasteiger charge is 2.52. The average molecular weight is 404 g/mol. The minimum absolute atomic E-state index is 0.419. The largest absolute Gasteiger partial charge is 0.497 e. The minimum Gasteiger partial charge on any atom is -0.399 e. The maximum atomic E-state index is 6.81. The highest BCUT2D eigenvalue weighted by Crippen LogP contribution is 2.39. The Kier molecular flexibility index (Phi) is 4.11. The van der Waals surface area contributed by atoms with Crippen LogP contribution in [0.3, 0.4) is 0 Å². The highest BCUT2D eigenvalue weighted by atomic mass is 35.5. The topological polar surface area (TPSA) is 23.4 Å². The van der Waals surface area contributed by atoms with Crippen molar-refractivity contribution in [3.05, 3.63) is 71.8 Å². The standard InChI is InChI=1S/C24H23BClNO2/c1-23(2)24(3,4)29-25(28-23)18-12-9-13-19(26)22(18)27-20-14-7-5-10-16(20)17-11-6-8-15-21(17)27/h5-15H,1-4H3. The Morgan fingerprint density at radius 1 is 0.724 bits per heavy atom. The van der Waals surface area contributed by atoms with Gasteiger partial charge in [-0.05, 0) is 45.9 Å². The normalized spacial score (nSPS) is 18.0. The van der Waals surface area contributed by atoms with Crippen LogP contribution in [-0.2, 0) is 9.31 Å². The van der Waals surface area contributed by atoms with E-state index >= 15 is 0 Å². The molecule has 3 nitrogen and oxygen atoms in total. The number of hydrogen-bond acceptors (Lipinski definition) is 2. The van der Waals surface area contributed by atoms with E-state index in [9.17, 15) is 0 Å². The third-order valence-electron chi connectivity index (χ3n) is 6.33. The van der Waals surface area contributed by atoms with Crippen LogP contribution in [0.15, 0.2) is 66.7 Å². The number of benzene rings is 3. The van der Waals surface area contributed by atoms with Crippen molar-refractivity contribution < 1.29 is 9.31 Å². The van der Waals surface area contributed by atoms with Gasteiger partial charge in [-0.2, -0.15) is 0 Å². The summed E-state index contributed by atoms with van der Waals surface area (Å²) in [6.45, 7) is 8.27. The number of hydrogen-bond donors (Lipinski definition) is 0. The molecule has 0 bridgehead atoms. The van der Waals surface area contributed by atoms with Gasteiger partial charge in [-0.1, -0.05) is 60.1 Å². The third-order valence-corrected chi connectivity index (χ3v) is 6.63. The Morgan fingerprint density at radius 3 is 1.79 bits per heavy atom. The molecule has 2 heterocycles. The highest BCUT2D eigenvalue weighted by molar-refractivity contribution is 6.64. The summed E-state index contributed by atoms with van der Waals surface area (Å²) in [5.74, 6) is 0. The molecule has 146 valence electrons. The molecule has 0 saturated carbocycles. The molecule has 1 fully saturated rings. The van der Waals surface area contributed by atoms with E-state index in [-0.39, 0.29) is 0 Å². The molecule has 1 aliphatic heterocycles. The number of para-hydroxylation sites is 3. The molecule has 4 aromatic rings. The lowest BCUT2D eigenvalue weighted by Gasteiger charge is -2.32. The molecule has 0 aliphatic carbocycles. The number of aromatic nitrogens is 1. The molecule has 0 unspecified atom stereocenters. The predicted molar refractivity (Wildman–Crippen MR) is 122 cm³/mol. The molecule has 1 saturated heterocycles. The van der Waals surface area contributed by atoms with E-state index in [1.165, 1.54) is 10.8 Å². The van der Waals surface area contributed by atoms with E-state index in [2.05, 4.69) is 80.8 Å². The molecule has 0 N–H and O–H groups in total. The number of nitrogens with zero attached hydrogens (tertiary/aromatic N) is 1. The van der Waals surface area contributed by atoms with Crippen LogP contribution in [0, 0.1) is 0 Å². The van der Waals surface area contributed by atoms with Gasteiger partial charge in [-0.25, -0.2) is 0 Å². The van der Waals surface area contributed by atoms with E-state index in [1.54, 1.807) is 0 Å². The van der Waals surface area contributed by atoms with Crippen molar-refractivity contribution in [1.82, 2.24) is 4.57 Å². The van der Waals surface area contributed by atoms with Gasteiger partial charge in [0.2, 0.25) is 0 Å². The zero-order valence-electron chi connectivity index (χ0n) is 17.1. The zero-order chi connectivity index (χ0) is 20.4. The summed E-state index contributed by atoms with van der Waals surface area (Å²) in [6, 6.07) is 22.8. The first kappa shape index (κ1) is 18.7. The van der Waals surface area contributed by atoms with Gasteiger partial charge in [0.25, 0.3) is 0 Å². The van der Waals surface area contributed by atoms with E-state index in [0.29, 0.717) is 5.02 Å². The molecular weight excluding hydrogens is 381 g/mol. The molecule has 5 rings (SSSR count). The van der Waals surface area contributed by atoms with Crippen molar-refractivity contribution in [3.8, 4) is 5.69 Å². The van der Waals surface area contributed by atoms with Crippen molar-refractivity contribution in [2.75, 3.05) is 0 Å².